The van der Waals surface area contributed by atoms with Gasteiger partial charge in [-0.25, -0.2) is 4.85 Å². The first-order valence-corrected chi connectivity index (χ1v) is 18.3. The zero-order valence-corrected chi connectivity index (χ0v) is 28.0. The largest absolute Gasteiger partial charge is 0.309 e. The normalized spacial score (nSPS) is 11.1. The molecule has 50 heavy (non-hydrogen) atoms. The van der Waals surface area contributed by atoms with E-state index in [2.05, 4.69) is 132 Å². The monoisotopic (exact) mass is 652 g/mol. The highest BCUT2D eigenvalue weighted by molar-refractivity contribution is 7.19. The fourth-order valence-corrected chi connectivity index (χ4v) is 12.2. The topological polar surface area (TPSA) is 56.9 Å². The quantitative estimate of drug-likeness (QED) is 0.104. The van der Waals surface area contributed by atoms with Crippen molar-refractivity contribution in [1.82, 2.24) is 4.57 Å². The molecule has 0 fully saturated rings. The zero-order chi connectivity index (χ0) is 34.1. The molecular weight excluding hydrogens is 625 g/mol. The number of nitrogens with zero attached hydrogens (tertiary/aromatic N) is 4. The van der Waals surface area contributed by atoms with Crippen molar-refractivity contribution >= 4 is 56.3 Å². The average Bonchev–Trinajstić information content (AvgIpc) is 3.52. The van der Waals surface area contributed by atoms with Crippen LogP contribution in [0.25, 0.3) is 43.5 Å². The van der Waals surface area contributed by atoms with Crippen molar-refractivity contribution in [2.24, 2.45) is 0 Å². The molecule has 7 aromatic carbocycles. The second-order valence-electron chi connectivity index (χ2n) is 12.2. The van der Waals surface area contributed by atoms with Crippen LogP contribution < -0.4 is 20.7 Å². The Balaban J connectivity index is 1.31. The van der Waals surface area contributed by atoms with Crippen LogP contribution in [0.1, 0.15) is 11.1 Å². The number of para-hydroxylation sites is 1. The van der Waals surface area contributed by atoms with Crippen LogP contribution in [0.5, 0.6) is 0 Å². The summed E-state index contributed by atoms with van der Waals surface area (Å²) in [6.45, 7) is 8.24. The van der Waals surface area contributed by atoms with Crippen molar-refractivity contribution in [2.75, 3.05) is 0 Å². The molecule has 8 rings (SSSR count). The van der Waals surface area contributed by atoms with Gasteiger partial charge in [0.1, 0.15) is 6.07 Å². The van der Waals surface area contributed by atoms with Crippen LogP contribution in [0.3, 0.4) is 0 Å². The van der Waals surface area contributed by atoms with Crippen LogP contribution in [0, 0.1) is 29.2 Å². The summed E-state index contributed by atoms with van der Waals surface area (Å²) in [7, 11) is -2.70. The van der Waals surface area contributed by atoms with Gasteiger partial charge in [-0.15, -0.1) is 0 Å². The van der Waals surface area contributed by atoms with Crippen LogP contribution in [0.15, 0.2) is 170 Å². The number of aromatic nitrogens is 1. The molecule has 0 bridgehead atoms. The van der Waals surface area contributed by atoms with E-state index >= 15 is 0 Å². The number of hydrogen-bond acceptors (Lipinski definition) is 2. The smallest absolute Gasteiger partial charge is 0.197 e. The lowest BCUT2D eigenvalue weighted by molar-refractivity contribution is 1.17. The average molecular weight is 653 g/mol. The third kappa shape index (κ3) is 4.80. The molecule has 0 radical (unpaired) electrons. The van der Waals surface area contributed by atoms with Crippen molar-refractivity contribution in [2.45, 2.75) is 0 Å². The Labute approximate surface area is 291 Å². The Morgan fingerprint density at radius 3 is 1.62 bits per heavy atom. The van der Waals surface area contributed by atoms with Crippen LogP contribution in [0.2, 0.25) is 0 Å². The maximum Gasteiger partial charge on any atom is 0.197 e. The van der Waals surface area contributed by atoms with E-state index in [4.69, 9.17) is 6.57 Å². The molecule has 0 amide bonds. The van der Waals surface area contributed by atoms with Gasteiger partial charge in [0.15, 0.2) is 13.8 Å². The molecule has 0 spiro atoms. The van der Waals surface area contributed by atoms with E-state index in [1.54, 1.807) is 6.07 Å². The van der Waals surface area contributed by atoms with Gasteiger partial charge in [-0.2, -0.15) is 10.5 Å². The molecule has 0 aliphatic carbocycles. The fraction of sp³-hybridized carbons (Fsp3) is 0. The highest BCUT2D eigenvalue weighted by Gasteiger charge is 2.41. The first kappa shape index (κ1) is 30.4. The van der Waals surface area contributed by atoms with E-state index < -0.39 is 8.07 Å². The lowest BCUT2D eigenvalue weighted by atomic mass is 9.99. The molecule has 1 heterocycles. The standard InChI is InChI=1S/C45H28N4Si/c1-48-42-29-45(49-43-20-12-11-19-39(43)41-27-32(30-46)21-26-44(41)49)34(31-47)28-40(42)33-22-24-38(25-23-33)50(35-13-5-2-6-14-35,36-15-7-3-8-16-36)37-17-9-4-10-18-37/h2-29H. The van der Waals surface area contributed by atoms with Gasteiger partial charge in [-0.1, -0.05) is 133 Å². The SMILES string of the molecule is [C-]#[N+]c1cc(-n2c3ccccc3c3cc(C#N)ccc32)c(C#N)cc1-c1ccc([Si](c2ccccc2)(c2ccccc2)c2ccccc2)cc1. The van der Waals surface area contributed by atoms with Crippen molar-refractivity contribution in [3.63, 3.8) is 0 Å². The summed E-state index contributed by atoms with van der Waals surface area (Å²) in [4.78, 5) is 3.99. The number of hydrogen-bond donors (Lipinski definition) is 0. The lowest BCUT2D eigenvalue weighted by Gasteiger charge is -2.34. The molecule has 1 aromatic heterocycles. The zero-order valence-electron chi connectivity index (χ0n) is 27.0. The number of rotatable bonds is 6. The summed E-state index contributed by atoms with van der Waals surface area (Å²) in [6, 6.07) is 62.8. The van der Waals surface area contributed by atoms with Crippen molar-refractivity contribution in [1.29, 1.82) is 10.5 Å². The molecule has 0 aliphatic rings. The number of fused-ring (bicyclic) bond motifs is 3. The fourth-order valence-electron chi connectivity index (χ4n) is 7.44. The van der Waals surface area contributed by atoms with Gasteiger partial charge in [0.2, 0.25) is 0 Å². The molecule has 0 N–H and O–H groups in total. The summed E-state index contributed by atoms with van der Waals surface area (Å²) >= 11 is 0. The van der Waals surface area contributed by atoms with Gasteiger partial charge < -0.3 is 4.57 Å². The van der Waals surface area contributed by atoms with E-state index in [0.717, 1.165) is 27.4 Å². The van der Waals surface area contributed by atoms with Crippen molar-refractivity contribution in [3.8, 4) is 29.0 Å². The molecule has 0 saturated carbocycles. The molecule has 4 nitrogen and oxygen atoms in total. The maximum absolute atomic E-state index is 10.5. The first-order chi connectivity index (χ1) is 24.7. The number of nitriles is 2. The van der Waals surface area contributed by atoms with Gasteiger partial charge in [-0.3, -0.25) is 0 Å². The van der Waals surface area contributed by atoms with Crippen LogP contribution >= 0.6 is 0 Å². The van der Waals surface area contributed by atoms with Gasteiger partial charge in [-0.05, 0) is 68.3 Å². The van der Waals surface area contributed by atoms with Crippen LogP contribution in [-0.2, 0) is 0 Å². The molecule has 0 saturated heterocycles. The second kappa shape index (κ2) is 12.6. The Hall–Kier alpha value is -6.97. The van der Waals surface area contributed by atoms with E-state index in [-0.39, 0.29) is 0 Å². The summed E-state index contributed by atoms with van der Waals surface area (Å²) < 4.78 is 2.03. The summed E-state index contributed by atoms with van der Waals surface area (Å²) in [5, 5.41) is 27.1. The highest BCUT2D eigenvalue weighted by atomic mass is 28.3. The maximum atomic E-state index is 10.5. The second-order valence-corrected chi connectivity index (χ2v) is 16.0. The van der Waals surface area contributed by atoms with Gasteiger partial charge >= 0.3 is 0 Å². The minimum absolute atomic E-state index is 0.462. The Morgan fingerprint density at radius 1 is 0.520 bits per heavy atom. The summed E-state index contributed by atoms with van der Waals surface area (Å²) in [5.41, 5.74) is 5.50. The van der Waals surface area contributed by atoms with Gasteiger partial charge in [0, 0.05) is 10.8 Å². The molecule has 0 aliphatic heterocycles. The van der Waals surface area contributed by atoms with Crippen LogP contribution in [-0.4, -0.2) is 12.6 Å². The van der Waals surface area contributed by atoms with Crippen LogP contribution in [0.4, 0.5) is 5.69 Å². The molecule has 0 unspecified atom stereocenters. The molecular formula is C45H28N4Si. The van der Waals surface area contributed by atoms with E-state index in [1.165, 1.54) is 20.7 Å². The Kier molecular flexibility index (Phi) is 7.63. The minimum Gasteiger partial charge on any atom is -0.309 e. The predicted molar refractivity (Wildman–Crippen MR) is 206 cm³/mol. The summed E-state index contributed by atoms with van der Waals surface area (Å²) in [6.07, 6.45) is 0. The molecule has 5 heteroatoms. The molecule has 232 valence electrons. The van der Waals surface area contributed by atoms with E-state index in [0.29, 0.717) is 28.1 Å². The predicted octanol–water partition coefficient (Wildman–Crippen LogP) is 8.12. The van der Waals surface area contributed by atoms with Gasteiger partial charge in [0.25, 0.3) is 0 Å². The van der Waals surface area contributed by atoms with Gasteiger partial charge in [0.05, 0.1) is 40.5 Å². The Morgan fingerprint density at radius 2 is 1.06 bits per heavy atom. The first-order valence-electron chi connectivity index (χ1n) is 16.3. The van der Waals surface area contributed by atoms with E-state index in [1.807, 2.05) is 53.1 Å². The van der Waals surface area contributed by atoms with Crippen molar-refractivity contribution in [3.05, 3.63) is 192 Å². The number of benzene rings is 7. The molecule has 8 aromatic rings. The Bertz CT molecular complexity index is 2560. The summed E-state index contributed by atoms with van der Waals surface area (Å²) in [5.74, 6) is 0. The minimum atomic E-state index is -2.70. The third-order valence-corrected chi connectivity index (χ3v) is 14.4. The third-order valence-electron chi connectivity index (χ3n) is 9.65. The van der Waals surface area contributed by atoms with E-state index in [9.17, 15) is 10.5 Å². The highest BCUT2D eigenvalue weighted by Crippen LogP contribution is 2.39. The molecule has 0 atom stereocenters. The van der Waals surface area contributed by atoms with Crippen molar-refractivity contribution < 1.29 is 0 Å². The lowest BCUT2D eigenvalue weighted by Crippen LogP contribution is -2.74.